The highest BCUT2D eigenvalue weighted by Gasteiger charge is 2.24. The standard InChI is InChI=1S/C25H26ClN5O2/c26-21-15-20(11-12-22(21)31-13-5-10-23(31)30-33)29-25(32)24(18-7-2-1-3-8-18)28-19-9-4-6-17(14-19)16-27/h1-4,6-9,11-12,14-15,24,28,33H,5,10,13,16,27H2,(H,29,32)/b30-23-/t24-/m0/s1. The van der Waals surface area contributed by atoms with Crippen molar-refractivity contribution in [3.63, 3.8) is 0 Å². The SMILES string of the molecule is NCc1cccc(N[C@H](C(=O)Nc2ccc(N3CCC/C3=N/O)c(Cl)c2)c2ccccc2)c1. The molecule has 33 heavy (non-hydrogen) atoms. The van der Waals surface area contributed by atoms with E-state index in [1.165, 1.54) is 0 Å². The van der Waals surface area contributed by atoms with E-state index in [2.05, 4.69) is 15.8 Å². The number of nitrogens with one attached hydrogen (secondary N) is 2. The normalized spacial score (nSPS) is 15.5. The monoisotopic (exact) mass is 463 g/mol. The molecule has 0 bridgehead atoms. The molecule has 1 saturated heterocycles. The van der Waals surface area contributed by atoms with Crippen LogP contribution in [-0.2, 0) is 11.3 Å². The first-order valence-electron chi connectivity index (χ1n) is 10.8. The van der Waals surface area contributed by atoms with Crippen LogP contribution in [0, 0.1) is 0 Å². The first-order valence-corrected chi connectivity index (χ1v) is 11.2. The number of amidine groups is 1. The Morgan fingerprint density at radius 3 is 2.64 bits per heavy atom. The second-order valence-corrected chi connectivity index (χ2v) is 8.23. The highest BCUT2D eigenvalue weighted by atomic mass is 35.5. The zero-order chi connectivity index (χ0) is 23.2. The Balaban J connectivity index is 1.56. The third-order valence-corrected chi connectivity index (χ3v) is 5.89. The van der Waals surface area contributed by atoms with Crippen molar-refractivity contribution in [3.8, 4) is 0 Å². The van der Waals surface area contributed by atoms with E-state index >= 15 is 0 Å². The average Bonchev–Trinajstić information content (AvgIpc) is 3.32. The quantitative estimate of drug-likeness (QED) is 0.292. The molecule has 3 aromatic rings. The van der Waals surface area contributed by atoms with Crippen LogP contribution >= 0.6 is 11.6 Å². The van der Waals surface area contributed by atoms with Gasteiger partial charge in [-0.3, -0.25) is 4.79 Å². The van der Waals surface area contributed by atoms with E-state index in [-0.39, 0.29) is 5.91 Å². The highest BCUT2D eigenvalue weighted by Crippen LogP contribution is 2.32. The first-order chi connectivity index (χ1) is 16.1. The topological polar surface area (TPSA) is 103 Å². The molecule has 0 radical (unpaired) electrons. The molecule has 1 atom stereocenters. The van der Waals surface area contributed by atoms with Crippen LogP contribution in [0.25, 0.3) is 0 Å². The van der Waals surface area contributed by atoms with Gasteiger partial charge in [0.1, 0.15) is 11.9 Å². The van der Waals surface area contributed by atoms with Gasteiger partial charge in [-0.2, -0.15) is 0 Å². The highest BCUT2D eigenvalue weighted by molar-refractivity contribution is 6.34. The lowest BCUT2D eigenvalue weighted by Crippen LogP contribution is -2.27. The number of hydrogen-bond donors (Lipinski definition) is 4. The summed E-state index contributed by atoms with van der Waals surface area (Å²) in [5, 5.41) is 19.3. The van der Waals surface area contributed by atoms with Crippen LogP contribution in [0.4, 0.5) is 17.1 Å². The van der Waals surface area contributed by atoms with Crippen molar-refractivity contribution >= 4 is 40.4 Å². The van der Waals surface area contributed by atoms with E-state index in [1.807, 2.05) is 65.6 Å². The number of halogens is 1. The number of oxime groups is 1. The second-order valence-electron chi connectivity index (χ2n) is 7.82. The summed E-state index contributed by atoms with van der Waals surface area (Å²) >= 11 is 6.52. The molecular weight excluding hydrogens is 438 g/mol. The van der Waals surface area contributed by atoms with Gasteiger partial charge >= 0.3 is 0 Å². The van der Waals surface area contributed by atoms with Gasteiger partial charge in [0.25, 0.3) is 5.91 Å². The maximum absolute atomic E-state index is 13.3. The minimum atomic E-state index is -0.621. The Hall–Kier alpha value is -3.55. The zero-order valence-corrected chi connectivity index (χ0v) is 18.8. The Morgan fingerprint density at radius 2 is 1.91 bits per heavy atom. The summed E-state index contributed by atoms with van der Waals surface area (Å²) in [7, 11) is 0. The van der Waals surface area contributed by atoms with E-state index in [0.717, 1.165) is 35.5 Å². The minimum absolute atomic E-state index is 0.220. The molecule has 7 nitrogen and oxygen atoms in total. The van der Waals surface area contributed by atoms with E-state index in [0.29, 0.717) is 29.5 Å². The molecule has 0 aromatic heterocycles. The lowest BCUT2D eigenvalue weighted by molar-refractivity contribution is -0.117. The van der Waals surface area contributed by atoms with Crippen LogP contribution in [0.3, 0.4) is 0 Å². The number of carbonyl (C=O) groups excluding carboxylic acids is 1. The summed E-state index contributed by atoms with van der Waals surface area (Å²) in [6.45, 7) is 1.15. The summed E-state index contributed by atoms with van der Waals surface area (Å²) in [6.07, 6.45) is 1.59. The fraction of sp³-hybridized carbons (Fsp3) is 0.200. The fourth-order valence-electron chi connectivity index (χ4n) is 3.94. The summed E-state index contributed by atoms with van der Waals surface area (Å²) < 4.78 is 0. The molecule has 0 unspecified atom stereocenters. The molecule has 5 N–H and O–H groups in total. The molecule has 8 heteroatoms. The number of carbonyl (C=O) groups is 1. The van der Waals surface area contributed by atoms with Crippen molar-refractivity contribution < 1.29 is 10.0 Å². The van der Waals surface area contributed by atoms with Gasteiger partial charge in [0.2, 0.25) is 0 Å². The van der Waals surface area contributed by atoms with Gasteiger partial charge in [-0.15, -0.1) is 0 Å². The number of anilines is 3. The van der Waals surface area contributed by atoms with E-state index in [1.54, 1.807) is 12.1 Å². The second kappa shape index (κ2) is 10.4. The third-order valence-electron chi connectivity index (χ3n) is 5.58. The summed E-state index contributed by atoms with van der Waals surface area (Å²) in [6, 6.07) is 21.9. The van der Waals surface area contributed by atoms with Crippen molar-refractivity contribution in [3.05, 3.63) is 88.9 Å². The smallest absolute Gasteiger partial charge is 0.251 e. The Labute approximate surface area is 197 Å². The van der Waals surface area contributed by atoms with Crippen molar-refractivity contribution in [2.24, 2.45) is 10.9 Å². The van der Waals surface area contributed by atoms with E-state index in [9.17, 15) is 10.0 Å². The molecule has 4 rings (SSSR count). The maximum atomic E-state index is 13.3. The molecule has 1 aliphatic rings. The van der Waals surface area contributed by atoms with Gasteiger partial charge < -0.3 is 26.5 Å². The van der Waals surface area contributed by atoms with Gasteiger partial charge in [-0.25, -0.2) is 0 Å². The van der Waals surface area contributed by atoms with Crippen LogP contribution in [0.2, 0.25) is 5.02 Å². The number of nitrogens with zero attached hydrogens (tertiary/aromatic N) is 2. The molecule has 1 amide bonds. The molecule has 0 spiro atoms. The van der Waals surface area contributed by atoms with Crippen LogP contribution in [0.1, 0.15) is 30.0 Å². The van der Waals surface area contributed by atoms with Gasteiger partial charge in [0.15, 0.2) is 0 Å². The molecule has 1 heterocycles. The first kappa shape index (κ1) is 22.6. The van der Waals surface area contributed by atoms with Gasteiger partial charge in [0.05, 0.1) is 10.7 Å². The number of benzene rings is 3. The van der Waals surface area contributed by atoms with Crippen molar-refractivity contribution in [1.29, 1.82) is 0 Å². The fourth-order valence-corrected chi connectivity index (χ4v) is 4.22. The summed E-state index contributed by atoms with van der Waals surface area (Å²) in [4.78, 5) is 15.2. The van der Waals surface area contributed by atoms with Crippen LogP contribution < -0.4 is 21.3 Å². The largest absolute Gasteiger partial charge is 0.409 e. The third kappa shape index (κ3) is 5.27. The predicted molar refractivity (Wildman–Crippen MR) is 133 cm³/mol. The minimum Gasteiger partial charge on any atom is -0.409 e. The molecule has 0 aliphatic carbocycles. The van der Waals surface area contributed by atoms with E-state index in [4.69, 9.17) is 17.3 Å². The Bertz CT molecular complexity index is 1150. The molecule has 0 saturated carbocycles. The average molecular weight is 464 g/mol. The summed E-state index contributed by atoms with van der Waals surface area (Å²) in [5.74, 6) is 0.365. The molecular formula is C25H26ClN5O2. The molecule has 170 valence electrons. The van der Waals surface area contributed by atoms with Crippen LogP contribution in [-0.4, -0.2) is 23.5 Å². The van der Waals surface area contributed by atoms with Crippen molar-refractivity contribution in [1.82, 2.24) is 0 Å². The maximum Gasteiger partial charge on any atom is 0.251 e. The lowest BCUT2D eigenvalue weighted by atomic mass is 10.0. The van der Waals surface area contributed by atoms with E-state index < -0.39 is 6.04 Å². The zero-order valence-electron chi connectivity index (χ0n) is 18.0. The predicted octanol–water partition coefficient (Wildman–Crippen LogP) is 4.98. The lowest BCUT2D eigenvalue weighted by Gasteiger charge is -2.22. The number of rotatable bonds is 7. The number of amides is 1. The Morgan fingerprint density at radius 1 is 1.09 bits per heavy atom. The Kier molecular flexibility index (Phi) is 7.12. The summed E-state index contributed by atoms with van der Waals surface area (Å²) in [5.41, 5.74) is 9.70. The molecule has 3 aromatic carbocycles. The van der Waals surface area contributed by atoms with Crippen LogP contribution in [0.5, 0.6) is 0 Å². The van der Waals surface area contributed by atoms with Crippen molar-refractivity contribution in [2.45, 2.75) is 25.4 Å². The van der Waals surface area contributed by atoms with Gasteiger partial charge in [0, 0.05) is 30.9 Å². The molecule has 1 fully saturated rings. The van der Waals surface area contributed by atoms with Crippen LogP contribution in [0.15, 0.2) is 78.0 Å². The van der Waals surface area contributed by atoms with Crippen molar-refractivity contribution in [2.75, 3.05) is 22.1 Å². The van der Waals surface area contributed by atoms with Gasteiger partial charge in [-0.05, 0) is 47.9 Å². The number of nitrogens with two attached hydrogens (primary N) is 1. The number of hydrogen-bond acceptors (Lipinski definition) is 5. The van der Waals surface area contributed by atoms with Gasteiger partial charge in [-0.1, -0.05) is 59.2 Å². The molecule has 1 aliphatic heterocycles.